The lowest BCUT2D eigenvalue weighted by molar-refractivity contribution is -0.119. The van der Waals surface area contributed by atoms with E-state index in [9.17, 15) is 19.2 Å². The summed E-state index contributed by atoms with van der Waals surface area (Å²) in [5, 5.41) is 0. The molecule has 4 heteroatoms. The molecule has 0 spiro atoms. The Hall–Kier alpha value is -2.10. The second kappa shape index (κ2) is 10.8. The Kier molecular flexibility index (Phi) is 9.11. The second-order valence-electron chi connectivity index (χ2n) is 7.72. The molecular weight excluding hydrogens is 328 g/mol. The molecule has 142 valence electrons. The fourth-order valence-corrected chi connectivity index (χ4v) is 2.48. The van der Waals surface area contributed by atoms with Crippen LogP contribution in [0.5, 0.6) is 0 Å². The molecule has 0 aliphatic carbocycles. The molecule has 0 N–H and O–H groups in total. The lowest BCUT2D eigenvalue weighted by Gasteiger charge is -2.06. The van der Waals surface area contributed by atoms with Gasteiger partial charge in [0.05, 0.1) is 12.8 Å². The van der Waals surface area contributed by atoms with Crippen LogP contribution in [0.4, 0.5) is 0 Å². The molecule has 1 aromatic rings. The first kappa shape index (κ1) is 21.9. The zero-order chi connectivity index (χ0) is 19.7. The Bertz CT molecular complexity index is 582. The Morgan fingerprint density at radius 2 is 0.962 bits per heavy atom. The van der Waals surface area contributed by atoms with Crippen molar-refractivity contribution < 1.29 is 19.2 Å². The molecule has 0 atom stereocenters. The van der Waals surface area contributed by atoms with Gasteiger partial charge >= 0.3 is 0 Å². The normalized spacial score (nSPS) is 11.0. The van der Waals surface area contributed by atoms with Crippen LogP contribution in [0.1, 0.15) is 86.9 Å². The standard InChI is InChI=1S/C22H30O4/c1-15(2)5-11-19(23)13-21(25)17-7-9-18(10-8-17)22(26)14-20(24)12-6-16(3)4/h7-10,15-16H,5-6,11-14H2,1-4H3. The van der Waals surface area contributed by atoms with E-state index in [2.05, 4.69) is 0 Å². The fourth-order valence-electron chi connectivity index (χ4n) is 2.48. The molecule has 0 aliphatic rings. The van der Waals surface area contributed by atoms with Crippen LogP contribution in [0.3, 0.4) is 0 Å². The number of rotatable bonds is 12. The first-order chi connectivity index (χ1) is 12.2. The maximum atomic E-state index is 12.1. The fraction of sp³-hybridized carbons (Fsp3) is 0.545. The highest BCUT2D eigenvalue weighted by Gasteiger charge is 2.15. The molecule has 0 heterocycles. The molecule has 0 fully saturated rings. The van der Waals surface area contributed by atoms with Gasteiger partial charge in [-0.05, 0) is 24.7 Å². The van der Waals surface area contributed by atoms with Crippen LogP contribution >= 0.6 is 0 Å². The summed E-state index contributed by atoms with van der Waals surface area (Å²) in [6.45, 7) is 8.16. The third kappa shape index (κ3) is 8.32. The summed E-state index contributed by atoms with van der Waals surface area (Å²) in [6, 6.07) is 6.24. The van der Waals surface area contributed by atoms with Crippen molar-refractivity contribution in [3.05, 3.63) is 35.4 Å². The zero-order valence-corrected chi connectivity index (χ0v) is 16.3. The van der Waals surface area contributed by atoms with Crippen LogP contribution in [0, 0.1) is 11.8 Å². The van der Waals surface area contributed by atoms with Gasteiger partial charge in [0, 0.05) is 24.0 Å². The van der Waals surface area contributed by atoms with Gasteiger partial charge in [0.2, 0.25) is 0 Å². The predicted molar refractivity (Wildman–Crippen MR) is 102 cm³/mol. The molecule has 1 aromatic carbocycles. The highest BCUT2D eigenvalue weighted by Crippen LogP contribution is 2.13. The van der Waals surface area contributed by atoms with E-state index in [1.165, 1.54) is 0 Å². The van der Waals surface area contributed by atoms with Crippen molar-refractivity contribution in [1.82, 2.24) is 0 Å². The van der Waals surface area contributed by atoms with Gasteiger partial charge in [-0.1, -0.05) is 52.0 Å². The van der Waals surface area contributed by atoms with Crippen molar-refractivity contribution >= 4 is 23.1 Å². The van der Waals surface area contributed by atoms with Crippen molar-refractivity contribution in [2.45, 2.75) is 66.2 Å². The third-order valence-corrected chi connectivity index (χ3v) is 4.25. The van der Waals surface area contributed by atoms with E-state index in [4.69, 9.17) is 0 Å². The summed E-state index contributed by atoms with van der Waals surface area (Å²) in [5.74, 6) is 0.293. The number of hydrogen-bond acceptors (Lipinski definition) is 4. The van der Waals surface area contributed by atoms with Gasteiger partial charge in [-0.2, -0.15) is 0 Å². The summed E-state index contributed by atoms with van der Waals surface area (Å²) in [4.78, 5) is 47.9. The monoisotopic (exact) mass is 358 g/mol. The Labute approximate surface area is 156 Å². The minimum atomic E-state index is -0.231. The largest absolute Gasteiger partial charge is 0.299 e. The molecule has 0 saturated carbocycles. The summed E-state index contributed by atoms with van der Waals surface area (Å²) < 4.78 is 0. The van der Waals surface area contributed by atoms with Gasteiger partial charge in [-0.15, -0.1) is 0 Å². The minimum Gasteiger partial charge on any atom is -0.299 e. The smallest absolute Gasteiger partial charge is 0.170 e. The maximum absolute atomic E-state index is 12.1. The summed E-state index contributed by atoms with van der Waals surface area (Å²) in [6.07, 6.45) is 2.19. The van der Waals surface area contributed by atoms with Crippen molar-refractivity contribution in [2.24, 2.45) is 11.8 Å². The Morgan fingerprint density at radius 1 is 0.654 bits per heavy atom. The molecular formula is C22H30O4. The number of hydrogen-bond donors (Lipinski definition) is 0. The first-order valence-electron chi connectivity index (χ1n) is 9.39. The number of Topliss-reactive ketones (excluding diaryl/α,β-unsaturated/α-hetero) is 4. The summed E-state index contributed by atoms with van der Waals surface area (Å²) in [7, 11) is 0. The lowest BCUT2D eigenvalue weighted by atomic mass is 9.97. The van der Waals surface area contributed by atoms with Crippen LogP contribution in [0.25, 0.3) is 0 Å². The van der Waals surface area contributed by atoms with Gasteiger partial charge in [0.15, 0.2) is 11.6 Å². The van der Waals surface area contributed by atoms with E-state index in [1.54, 1.807) is 24.3 Å². The highest BCUT2D eigenvalue weighted by atomic mass is 16.2. The average molecular weight is 358 g/mol. The number of benzene rings is 1. The highest BCUT2D eigenvalue weighted by molar-refractivity contribution is 6.10. The van der Waals surface area contributed by atoms with Gasteiger partial charge in [-0.3, -0.25) is 19.2 Å². The minimum absolute atomic E-state index is 0.0559. The number of ketones is 4. The van der Waals surface area contributed by atoms with E-state index in [0.29, 0.717) is 35.8 Å². The molecule has 26 heavy (non-hydrogen) atoms. The summed E-state index contributed by atoms with van der Waals surface area (Å²) >= 11 is 0. The quantitative estimate of drug-likeness (QED) is 0.396. The molecule has 0 aromatic heterocycles. The van der Waals surface area contributed by atoms with Crippen LogP contribution in [0.2, 0.25) is 0 Å². The number of carbonyl (C=O) groups excluding carboxylic acids is 4. The number of carbonyl (C=O) groups is 4. The predicted octanol–water partition coefficient (Wildman–Crippen LogP) is 4.84. The molecule has 4 nitrogen and oxygen atoms in total. The molecule has 1 rings (SSSR count). The summed E-state index contributed by atoms with van der Waals surface area (Å²) in [5.41, 5.74) is 0.844. The molecule has 0 saturated heterocycles. The van der Waals surface area contributed by atoms with Gasteiger partial charge in [0.1, 0.15) is 11.6 Å². The average Bonchev–Trinajstić information content (AvgIpc) is 2.58. The van der Waals surface area contributed by atoms with E-state index >= 15 is 0 Å². The van der Waals surface area contributed by atoms with Crippen molar-refractivity contribution in [3.63, 3.8) is 0 Å². The third-order valence-electron chi connectivity index (χ3n) is 4.25. The van der Waals surface area contributed by atoms with Gasteiger partial charge < -0.3 is 0 Å². The van der Waals surface area contributed by atoms with Crippen LogP contribution < -0.4 is 0 Å². The van der Waals surface area contributed by atoms with Crippen molar-refractivity contribution in [3.8, 4) is 0 Å². The second-order valence-corrected chi connectivity index (χ2v) is 7.72. The molecule has 0 unspecified atom stereocenters. The van der Waals surface area contributed by atoms with E-state index in [1.807, 2.05) is 27.7 Å². The van der Waals surface area contributed by atoms with Gasteiger partial charge in [0.25, 0.3) is 0 Å². The molecule has 0 amide bonds. The SMILES string of the molecule is CC(C)CCC(=O)CC(=O)c1ccc(C(=O)CC(=O)CCC(C)C)cc1. The van der Waals surface area contributed by atoms with Crippen molar-refractivity contribution in [2.75, 3.05) is 0 Å². The Balaban J connectivity index is 2.56. The van der Waals surface area contributed by atoms with Crippen LogP contribution in [-0.2, 0) is 9.59 Å². The van der Waals surface area contributed by atoms with Crippen molar-refractivity contribution in [1.29, 1.82) is 0 Å². The van der Waals surface area contributed by atoms with Crippen LogP contribution in [0.15, 0.2) is 24.3 Å². The molecule has 0 radical (unpaired) electrons. The zero-order valence-electron chi connectivity index (χ0n) is 16.3. The Morgan fingerprint density at radius 3 is 1.23 bits per heavy atom. The van der Waals surface area contributed by atoms with E-state index in [-0.39, 0.29) is 36.0 Å². The first-order valence-corrected chi connectivity index (χ1v) is 9.39. The van der Waals surface area contributed by atoms with Crippen LogP contribution in [-0.4, -0.2) is 23.1 Å². The molecule has 0 aliphatic heterocycles. The van der Waals surface area contributed by atoms with E-state index in [0.717, 1.165) is 12.8 Å². The molecule has 0 bridgehead atoms. The maximum Gasteiger partial charge on any atom is 0.170 e. The van der Waals surface area contributed by atoms with E-state index < -0.39 is 0 Å². The lowest BCUT2D eigenvalue weighted by Crippen LogP contribution is -2.11. The van der Waals surface area contributed by atoms with Gasteiger partial charge in [-0.25, -0.2) is 0 Å². The topological polar surface area (TPSA) is 68.3 Å².